The Morgan fingerprint density at radius 3 is 2.63 bits per heavy atom. The lowest BCUT2D eigenvalue weighted by Gasteiger charge is -2.26. The number of nitrogens with two attached hydrogens (primary N) is 1. The lowest BCUT2D eigenvalue weighted by Crippen LogP contribution is -2.35. The fourth-order valence-electron chi connectivity index (χ4n) is 3.55. The van der Waals surface area contributed by atoms with Crippen molar-refractivity contribution in [3.05, 3.63) is 47.8 Å². The van der Waals surface area contributed by atoms with E-state index in [0.717, 1.165) is 51.4 Å². The molecule has 30 heavy (non-hydrogen) atoms. The molecule has 2 aromatic heterocycles. The number of fused-ring (bicyclic) bond motifs is 1. The molecule has 3 N–H and O–H groups in total. The number of hydrogen-bond donors (Lipinski definition) is 2. The Morgan fingerprint density at radius 2 is 1.93 bits per heavy atom. The Labute approximate surface area is 175 Å². The molecule has 0 spiro atoms. The molecule has 3 aromatic rings. The molecular formula is C22H26N6O2. The van der Waals surface area contributed by atoms with Crippen molar-refractivity contribution in [2.45, 2.75) is 19.9 Å². The van der Waals surface area contributed by atoms with Gasteiger partial charge in [-0.25, -0.2) is 15.0 Å². The summed E-state index contributed by atoms with van der Waals surface area (Å²) in [5.74, 6) is 0.0721. The number of ether oxygens (including phenoxy) is 1. The minimum atomic E-state index is -0.535. The standard InChI is InChI=1S/C22H26N6O2/c1-2-7-24-22-20-19(25-14-26-22)17(21(23)29)12-18(27-20)16-5-3-15(4-6-16)13-28-8-10-30-11-9-28/h3-6,12,14H,2,7-11,13H2,1H3,(H2,23,29)(H,24,25,26). The highest BCUT2D eigenvalue weighted by atomic mass is 16.5. The smallest absolute Gasteiger partial charge is 0.251 e. The van der Waals surface area contributed by atoms with Crippen molar-refractivity contribution in [3.63, 3.8) is 0 Å². The predicted octanol–water partition coefficient (Wildman–Crippen LogP) is 2.44. The van der Waals surface area contributed by atoms with Crippen LogP contribution in [0, 0.1) is 0 Å². The zero-order valence-electron chi connectivity index (χ0n) is 17.1. The fraction of sp³-hybridized carbons (Fsp3) is 0.364. The van der Waals surface area contributed by atoms with Crippen LogP contribution in [0.3, 0.4) is 0 Å². The van der Waals surface area contributed by atoms with Crippen LogP contribution in [0.1, 0.15) is 29.3 Å². The number of aromatic nitrogens is 3. The Morgan fingerprint density at radius 1 is 1.17 bits per heavy atom. The summed E-state index contributed by atoms with van der Waals surface area (Å²) < 4.78 is 5.41. The highest BCUT2D eigenvalue weighted by Gasteiger charge is 2.16. The van der Waals surface area contributed by atoms with Gasteiger partial charge in [0.05, 0.1) is 24.5 Å². The molecule has 1 aliphatic rings. The van der Waals surface area contributed by atoms with Crippen molar-refractivity contribution < 1.29 is 9.53 Å². The number of primary amides is 1. The van der Waals surface area contributed by atoms with Crippen molar-refractivity contribution in [1.29, 1.82) is 0 Å². The number of nitrogens with zero attached hydrogens (tertiary/aromatic N) is 4. The van der Waals surface area contributed by atoms with Crippen LogP contribution in [0.25, 0.3) is 22.3 Å². The van der Waals surface area contributed by atoms with Gasteiger partial charge in [0.25, 0.3) is 5.91 Å². The van der Waals surface area contributed by atoms with Gasteiger partial charge in [0.2, 0.25) is 0 Å². The molecule has 0 atom stereocenters. The topological polar surface area (TPSA) is 106 Å². The molecule has 3 heterocycles. The van der Waals surface area contributed by atoms with E-state index in [4.69, 9.17) is 15.5 Å². The number of amides is 1. The maximum Gasteiger partial charge on any atom is 0.251 e. The number of carbonyl (C=O) groups excluding carboxylic acids is 1. The number of anilines is 1. The normalized spacial score (nSPS) is 14.7. The number of morpholine rings is 1. The molecule has 1 amide bonds. The van der Waals surface area contributed by atoms with Crippen LogP contribution in [0.4, 0.5) is 5.82 Å². The van der Waals surface area contributed by atoms with E-state index in [2.05, 4.69) is 39.2 Å². The van der Waals surface area contributed by atoms with Crippen LogP contribution in [0.15, 0.2) is 36.7 Å². The molecule has 8 heteroatoms. The van der Waals surface area contributed by atoms with Crippen LogP contribution in [0.5, 0.6) is 0 Å². The van der Waals surface area contributed by atoms with Gasteiger partial charge >= 0.3 is 0 Å². The summed E-state index contributed by atoms with van der Waals surface area (Å²) in [5.41, 5.74) is 9.81. The highest BCUT2D eigenvalue weighted by Crippen LogP contribution is 2.27. The van der Waals surface area contributed by atoms with Gasteiger partial charge in [-0.1, -0.05) is 31.2 Å². The van der Waals surface area contributed by atoms with E-state index < -0.39 is 5.91 Å². The summed E-state index contributed by atoms with van der Waals surface area (Å²) in [5, 5.41) is 3.26. The van der Waals surface area contributed by atoms with E-state index in [1.54, 1.807) is 6.07 Å². The zero-order valence-corrected chi connectivity index (χ0v) is 17.1. The molecule has 0 aliphatic carbocycles. The molecule has 156 valence electrons. The SMILES string of the molecule is CCCNc1ncnc2c(C(N)=O)cc(-c3ccc(CN4CCOCC4)cc3)nc12. The summed E-state index contributed by atoms with van der Waals surface area (Å²) >= 11 is 0. The minimum absolute atomic E-state index is 0.342. The summed E-state index contributed by atoms with van der Waals surface area (Å²) in [4.78, 5) is 27.8. The van der Waals surface area contributed by atoms with E-state index >= 15 is 0 Å². The van der Waals surface area contributed by atoms with Gasteiger partial charge < -0.3 is 15.8 Å². The van der Waals surface area contributed by atoms with E-state index in [1.165, 1.54) is 11.9 Å². The first-order valence-corrected chi connectivity index (χ1v) is 10.2. The van der Waals surface area contributed by atoms with Crippen molar-refractivity contribution in [1.82, 2.24) is 19.9 Å². The lowest BCUT2D eigenvalue weighted by molar-refractivity contribution is 0.0342. The first-order chi connectivity index (χ1) is 14.7. The largest absolute Gasteiger partial charge is 0.379 e. The lowest BCUT2D eigenvalue weighted by atomic mass is 10.0. The predicted molar refractivity (Wildman–Crippen MR) is 116 cm³/mol. The quantitative estimate of drug-likeness (QED) is 0.621. The van der Waals surface area contributed by atoms with Gasteiger partial charge in [0, 0.05) is 31.7 Å². The summed E-state index contributed by atoms with van der Waals surface area (Å²) in [7, 11) is 0. The number of pyridine rings is 1. The maximum atomic E-state index is 12.1. The van der Waals surface area contributed by atoms with Crippen molar-refractivity contribution in [2.24, 2.45) is 5.73 Å². The number of hydrogen-bond acceptors (Lipinski definition) is 7. The Balaban J connectivity index is 1.68. The third kappa shape index (κ3) is 4.39. The molecule has 1 fully saturated rings. The monoisotopic (exact) mass is 406 g/mol. The molecule has 0 bridgehead atoms. The van der Waals surface area contributed by atoms with Gasteiger partial charge in [-0.15, -0.1) is 0 Å². The molecule has 1 aliphatic heterocycles. The summed E-state index contributed by atoms with van der Waals surface area (Å²) in [6.45, 7) is 7.17. The van der Waals surface area contributed by atoms with E-state index in [1.807, 2.05) is 12.1 Å². The second-order valence-electron chi connectivity index (χ2n) is 7.35. The Hall–Kier alpha value is -3.10. The van der Waals surface area contributed by atoms with Crippen LogP contribution in [-0.2, 0) is 11.3 Å². The molecule has 0 unspecified atom stereocenters. The number of benzene rings is 1. The van der Waals surface area contributed by atoms with Crippen molar-refractivity contribution in [3.8, 4) is 11.3 Å². The average molecular weight is 406 g/mol. The number of nitrogens with one attached hydrogen (secondary N) is 1. The molecule has 1 aromatic carbocycles. The second kappa shape index (κ2) is 9.15. The molecule has 0 radical (unpaired) electrons. The number of carbonyl (C=O) groups is 1. The van der Waals surface area contributed by atoms with E-state index in [0.29, 0.717) is 28.1 Å². The first kappa shape index (κ1) is 20.2. The molecule has 4 rings (SSSR count). The van der Waals surface area contributed by atoms with Gasteiger partial charge in [0.1, 0.15) is 17.4 Å². The molecule has 0 saturated carbocycles. The van der Waals surface area contributed by atoms with Gasteiger partial charge in [-0.3, -0.25) is 9.69 Å². The van der Waals surface area contributed by atoms with Crippen molar-refractivity contribution >= 4 is 22.8 Å². The fourth-order valence-corrected chi connectivity index (χ4v) is 3.55. The zero-order chi connectivity index (χ0) is 20.9. The van der Waals surface area contributed by atoms with E-state index in [-0.39, 0.29) is 0 Å². The first-order valence-electron chi connectivity index (χ1n) is 10.2. The maximum absolute atomic E-state index is 12.1. The second-order valence-corrected chi connectivity index (χ2v) is 7.35. The van der Waals surface area contributed by atoms with Gasteiger partial charge in [-0.2, -0.15) is 0 Å². The van der Waals surface area contributed by atoms with Crippen LogP contribution in [-0.4, -0.2) is 58.6 Å². The Bertz CT molecular complexity index is 1030. The van der Waals surface area contributed by atoms with Gasteiger partial charge in [-0.05, 0) is 18.1 Å². The van der Waals surface area contributed by atoms with Crippen LogP contribution < -0.4 is 11.1 Å². The molecule has 1 saturated heterocycles. The summed E-state index contributed by atoms with van der Waals surface area (Å²) in [6.07, 6.45) is 2.37. The third-order valence-electron chi connectivity index (χ3n) is 5.16. The van der Waals surface area contributed by atoms with Gasteiger partial charge in [0.15, 0.2) is 5.82 Å². The Kier molecular flexibility index (Phi) is 6.15. The molecular weight excluding hydrogens is 380 g/mol. The summed E-state index contributed by atoms with van der Waals surface area (Å²) in [6, 6.07) is 9.95. The highest BCUT2D eigenvalue weighted by molar-refractivity contribution is 6.06. The van der Waals surface area contributed by atoms with Crippen LogP contribution in [0.2, 0.25) is 0 Å². The van der Waals surface area contributed by atoms with Crippen LogP contribution >= 0.6 is 0 Å². The average Bonchev–Trinajstić information content (AvgIpc) is 2.78. The molecule has 8 nitrogen and oxygen atoms in total. The van der Waals surface area contributed by atoms with E-state index in [9.17, 15) is 4.79 Å². The number of rotatable bonds is 7. The minimum Gasteiger partial charge on any atom is -0.379 e. The van der Waals surface area contributed by atoms with Crippen molar-refractivity contribution in [2.75, 3.05) is 38.2 Å². The third-order valence-corrected chi connectivity index (χ3v) is 5.16.